The number of fused-ring (bicyclic) bond motifs is 2. The number of alkyl halides is 3. The summed E-state index contributed by atoms with van der Waals surface area (Å²) in [5.41, 5.74) is 3.05. The van der Waals surface area contributed by atoms with Crippen LogP contribution in [0.15, 0.2) is 65.7 Å². The van der Waals surface area contributed by atoms with Crippen molar-refractivity contribution in [2.45, 2.75) is 6.18 Å². The fourth-order valence-electron chi connectivity index (χ4n) is 3.92. The van der Waals surface area contributed by atoms with E-state index in [0.29, 0.717) is 20.6 Å². The van der Waals surface area contributed by atoms with E-state index in [1.807, 2.05) is 0 Å². The first-order valence-electron chi connectivity index (χ1n) is 9.82. The number of aromatic nitrogens is 4. The highest BCUT2D eigenvalue weighted by atomic mass is 35.5. The molecule has 0 saturated carbocycles. The van der Waals surface area contributed by atoms with Gasteiger partial charge in [-0.25, -0.2) is 4.68 Å². The molecule has 0 bridgehead atoms. The second-order valence-electron chi connectivity index (χ2n) is 7.42. The smallest absolute Gasteiger partial charge is 0.365 e. The normalized spacial score (nSPS) is 11.9. The molecule has 7 nitrogen and oxygen atoms in total. The van der Waals surface area contributed by atoms with Crippen LogP contribution in [-0.2, 0) is 6.18 Å². The number of nitrogens with zero attached hydrogens (tertiary/aromatic N) is 3. The van der Waals surface area contributed by atoms with E-state index in [-0.39, 0.29) is 27.7 Å². The fourth-order valence-corrected chi connectivity index (χ4v) is 4.15. The van der Waals surface area contributed by atoms with Gasteiger partial charge in [-0.15, -0.1) is 0 Å². The van der Waals surface area contributed by atoms with Crippen molar-refractivity contribution in [3.8, 4) is 16.9 Å². The predicted molar refractivity (Wildman–Crippen MR) is 121 cm³/mol. The quantitative estimate of drug-likeness (QED) is 0.388. The van der Waals surface area contributed by atoms with Crippen molar-refractivity contribution >= 4 is 39.2 Å². The van der Waals surface area contributed by atoms with Crippen LogP contribution in [0.25, 0.3) is 38.6 Å². The Labute approximate surface area is 193 Å². The summed E-state index contributed by atoms with van der Waals surface area (Å²) in [6.07, 6.45) is -2.39. The number of carbonyl (C=O) groups excluding carboxylic acids is 1. The highest BCUT2D eigenvalue weighted by Gasteiger charge is 2.42. The lowest BCUT2D eigenvalue weighted by molar-refractivity contribution is -0.143. The summed E-state index contributed by atoms with van der Waals surface area (Å²) < 4.78 is 43.5. The van der Waals surface area contributed by atoms with Gasteiger partial charge in [-0.1, -0.05) is 23.7 Å². The van der Waals surface area contributed by atoms with Crippen LogP contribution in [-0.4, -0.2) is 25.7 Å². The van der Waals surface area contributed by atoms with Gasteiger partial charge in [0.15, 0.2) is 5.69 Å². The van der Waals surface area contributed by atoms with Crippen molar-refractivity contribution in [3.63, 3.8) is 0 Å². The molecule has 2 aromatic carbocycles. The minimum Gasteiger partial charge on any atom is -0.365 e. The van der Waals surface area contributed by atoms with Crippen molar-refractivity contribution in [1.82, 2.24) is 19.7 Å². The van der Waals surface area contributed by atoms with Gasteiger partial charge in [0.05, 0.1) is 16.8 Å². The topological polar surface area (TPSA) is 107 Å². The van der Waals surface area contributed by atoms with Crippen LogP contribution in [0.3, 0.4) is 0 Å². The molecule has 1 amide bonds. The van der Waals surface area contributed by atoms with Crippen molar-refractivity contribution in [1.29, 1.82) is 0 Å². The average molecular weight is 484 g/mol. The molecule has 0 spiro atoms. The van der Waals surface area contributed by atoms with Crippen molar-refractivity contribution in [2.24, 2.45) is 5.73 Å². The van der Waals surface area contributed by atoms with E-state index < -0.39 is 28.9 Å². The second-order valence-corrected chi connectivity index (χ2v) is 7.83. The lowest BCUT2D eigenvalue weighted by atomic mass is 10.0. The molecule has 0 aliphatic carbocycles. The van der Waals surface area contributed by atoms with E-state index in [0.717, 1.165) is 0 Å². The van der Waals surface area contributed by atoms with Crippen LogP contribution in [0.5, 0.6) is 0 Å². The van der Waals surface area contributed by atoms with Crippen LogP contribution < -0.4 is 11.3 Å². The Balaban J connectivity index is 1.88. The number of halogens is 4. The molecule has 3 N–H and O–H groups in total. The van der Waals surface area contributed by atoms with Gasteiger partial charge in [-0.05, 0) is 36.4 Å². The maximum absolute atomic E-state index is 14.3. The summed E-state index contributed by atoms with van der Waals surface area (Å²) in [4.78, 5) is 31.2. The van der Waals surface area contributed by atoms with Crippen LogP contribution >= 0.6 is 11.6 Å². The number of amides is 1. The molecule has 5 rings (SSSR count). The molecule has 0 aliphatic rings. The molecule has 0 aliphatic heterocycles. The molecule has 0 radical (unpaired) electrons. The number of hydrogen-bond donors (Lipinski definition) is 2. The molecule has 0 unspecified atom stereocenters. The monoisotopic (exact) mass is 483 g/mol. The molecular formula is C23H13ClF3N5O2. The van der Waals surface area contributed by atoms with Gasteiger partial charge in [0.2, 0.25) is 0 Å². The van der Waals surface area contributed by atoms with E-state index in [2.05, 4.69) is 15.1 Å². The van der Waals surface area contributed by atoms with Crippen molar-refractivity contribution < 1.29 is 18.0 Å². The number of benzene rings is 2. The van der Waals surface area contributed by atoms with Gasteiger partial charge in [0.1, 0.15) is 5.69 Å². The first-order chi connectivity index (χ1) is 16.2. The molecular weight excluding hydrogens is 471 g/mol. The lowest BCUT2D eigenvalue weighted by Gasteiger charge is -2.13. The van der Waals surface area contributed by atoms with E-state index in [1.54, 1.807) is 18.2 Å². The SMILES string of the molecule is NC(=O)c1c(-c2cnc3cccc(Cl)c3c2)nn(-c2cccc3c(=O)[nH]ccc23)c1C(F)(F)F. The molecule has 170 valence electrons. The molecule has 0 saturated heterocycles. The number of hydrogen-bond acceptors (Lipinski definition) is 4. The maximum Gasteiger partial charge on any atom is 0.434 e. The number of aromatic amines is 1. The van der Waals surface area contributed by atoms with Crippen LogP contribution in [0.2, 0.25) is 5.02 Å². The Morgan fingerprint density at radius 2 is 1.82 bits per heavy atom. The van der Waals surface area contributed by atoms with Crippen molar-refractivity contribution in [2.75, 3.05) is 0 Å². The molecule has 0 fully saturated rings. The summed E-state index contributed by atoms with van der Waals surface area (Å²) in [6.45, 7) is 0. The Bertz CT molecular complexity index is 1670. The van der Waals surface area contributed by atoms with Crippen LogP contribution in [0.4, 0.5) is 13.2 Å². The van der Waals surface area contributed by atoms with Gasteiger partial charge in [-0.3, -0.25) is 14.6 Å². The van der Waals surface area contributed by atoms with Crippen LogP contribution in [0.1, 0.15) is 16.1 Å². The molecule has 5 aromatic rings. The Hall–Kier alpha value is -4.18. The van der Waals surface area contributed by atoms with E-state index in [1.165, 1.54) is 42.7 Å². The highest BCUT2D eigenvalue weighted by Crippen LogP contribution is 2.39. The zero-order valence-electron chi connectivity index (χ0n) is 17.0. The number of primary amides is 1. The molecule has 0 atom stereocenters. The summed E-state index contributed by atoms with van der Waals surface area (Å²) in [5, 5.41) is 5.32. The Kier molecular flexibility index (Phi) is 4.90. The molecule has 11 heteroatoms. The van der Waals surface area contributed by atoms with Gasteiger partial charge < -0.3 is 10.7 Å². The number of pyridine rings is 2. The predicted octanol–water partition coefficient (Wildman–Crippen LogP) is 4.70. The highest BCUT2D eigenvalue weighted by molar-refractivity contribution is 6.35. The average Bonchev–Trinajstić information content (AvgIpc) is 3.21. The van der Waals surface area contributed by atoms with Crippen LogP contribution in [0, 0.1) is 0 Å². The Morgan fingerprint density at radius 3 is 2.56 bits per heavy atom. The molecule has 3 heterocycles. The maximum atomic E-state index is 14.3. The molecule has 34 heavy (non-hydrogen) atoms. The van der Waals surface area contributed by atoms with E-state index in [9.17, 15) is 22.8 Å². The summed E-state index contributed by atoms with van der Waals surface area (Å²) >= 11 is 6.23. The third-order valence-electron chi connectivity index (χ3n) is 5.37. The third kappa shape index (κ3) is 3.39. The summed E-state index contributed by atoms with van der Waals surface area (Å²) in [5.74, 6) is -1.31. The first kappa shape index (κ1) is 21.7. The standard InChI is InChI=1S/C23H13ClF3N5O2/c24-15-4-2-5-16-14(15)9-11(10-30-16)19-18(21(28)33)20(23(25,26)27)32(31-19)17-6-1-3-13-12(17)7-8-29-22(13)34/h1-10H,(H2,28,33)(H,29,34). The summed E-state index contributed by atoms with van der Waals surface area (Å²) in [6, 6.07) is 12.2. The Morgan fingerprint density at radius 1 is 1.06 bits per heavy atom. The van der Waals surface area contributed by atoms with Gasteiger partial charge in [0, 0.05) is 39.1 Å². The van der Waals surface area contributed by atoms with E-state index in [4.69, 9.17) is 17.3 Å². The summed E-state index contributed by atoms with van der Waals surface area (Å²) in [7, 11) is 0. The lowest BCUT2D eigenvalue weighted by Crippen LogP contribution is -2.21. The number of H-pyrrole nitrogens is 1. The van der Waals surface area contributed by atoms with E-state index >= 15 is 0 Å². The number of nitrogens with one attached hydrogen (secondary N) is 1. The van der Waals surface area contributed by atoms with Gasteiger partial charge in [0.25, 0.3) is 11.5 Å². The second kappa shape index (κ2) is 7.70. The van der Waals surface area contributed by atoms with Gasteiger partial charge in [-0.2, -0.15) is 18.3 Å². The zero-order valence-corrected chi connectivity index (χ0v) is 17.8. The fraction of sp³-hybridized carbons (Fsp3) is 0.0435. The zero-order chi connectivity index (χ0) is 24.2. The molecule has 3 aromatic heterocycles. The van der Waals surface area contributed by atoms with Gasteiger partial charge >= 0.3 is 6.18 Å². The number of nitrogens with two attached hydrogens (primary N) is 1. The largest absolute Gasteiger partial charge is 0.434 e. The van der Waals surface area contributed by atoms with Crippen molar-refractivity contribution in [3.05, 3.63) is 87.6 Å². The minimum atomic E-state index is -5.00. The third-order valence-corrected chi connectivity index (χ3v) is 5.70. The minimum absolute atomic E-state index is 0.0449. The first-order valence-corrected chi connectivity index (χ1v) is 10.2. The number of rotatable bonds is 3. The number of carbonyl (C=O) groups is 1.